The Morgan fingerprint density at radius 2 is 2.40 bits per heavy atom. The highest BCUT2D eigenvalue weighted by Crippen LogP contribution is 2.44. The lowest BCUT2D eigenvalue weighted by Crippen LogP contribution is -2.03. The fourth-order valence-electron chi connectivity index (χ4n) is 0.960. The van der Waals surface area contributed by atoms with Crippen molar-refractivity contribution in [2.45, 2.75) is 25.4 Å². The van der Waals surface area contributed by atoms with E-state index >= 15 is 0 Å². The van der Waals surface area contributed by atoms with Crippen molar-refractivity contribution in [3.8, 4) is 0 Å². The van der Waals surface area contributed by atoms with Gasteiger partial charge in [0.25, 0.3) is 0 Å². The van der Waals surface area contributed by atoms with Gasteiger partial charge in [-0.25, -0.2) is 0 Å². The molecule has 0 atom stereocenters. The van der Waals surface area contributed by atoms with Crippen LogP contribution in [-0.2, 0) is 5.60 Å². The second kappa shape index (κ2) is 1.61. The van der Waals surface area contributed by atoms with E-state index in [0.717, 1.165) is 18.6 Å². The van der Waals surface area contributed by atoms with Crippen LogP contribution in [-0.4, -0.2) is 10.3 Å². The molecule has 3 heteroatoms. The number of hydrogen-bond donors (Lipinski definition) is 1. The lowest BCUT2D eigenvalue weighted by atomic mass is 10.2. The zero-order valence-corrected chi connectivity index (χ0v) is 5.79. The van der Waals surface area contributed by atoms with E-state index in [1.54, 1.807) is 6.07 Å². The second-order valence-electron chi connectivity index (χ2n) is 2.85. The molecular weight excluding hydrogens is 130 g/mol. The van der Waals surface area contributed by atoms with Gasteiger partial charge in [0, 0.05) is 6.07 Å². The molecule has 54 valence electrons. The summed E-state index contributed by atoms with van der Waals surface area (Å²) in [5, 5.41) is 13.2. The molecule has 1 aromatic heterocycles. The molecule has 1 aromatic rings. The van der Waals surface area contributed by atoms with E-state index in [2.05, 4.69) is 5.16 Å². The van der Waals surface area contributed by atoms with Gasteiger partial charge in [0.15, 0.2) is 0 Å². The number of aromatic nitrogens is 1. The lowest BCUT2D eigenvalue weighted by Gasteiger charge is -1.97. The van der Waals surface area contributed by atoms with E-state index in [4.69, 9.17) is 4.52 Å². The summed E-state index contributed by atoms with van der Waals surface area (Å²) in [5.74, 6) is 0.760. The van der Waals surface area contributed by atoms with Crippen LogP contribution in [0.3, 0.4) is 0 Å². The third-order valence-corrected chi connectivity index (χ3v) is 1.83. The summed E-state index contributed by atoms with van der Waals surface area (Å²) in [5.41, 5.74) is 0.0441. The number of rotatable bonds is 1. The van der Waals surface area contributed by atoms with Gasteiger partial charge in [0.1, 0.15) is 17.1 Å². The molecule has 0 amide bonds. The van der Waals surface area contributed by atoms with Crippen molar-refractivity contribution in [2.75, 3.05) is 0 Å². The van der Waals surface area contributed by atoms with E-state index in [9.17, 15) is 5.11 Å². The maximum absolute atomic E-state index is 9.49. The summed E-state index contributed by atoms with van der Waals surface area (Å²) in [6.45, 7) is 1.82. The predicted molar refractivity (Wildman–Crippen MR) is 34.4 cm³/mol. The van der Waals surface area contributed by atoms with Crippen molar-refractivity contribution >= 4 is 0 Å². The molecule has 0 aromatic carbocycles. The summed E-state index contributed by atoms with van der Waals surface area (Å²) in [7, 11) is 0. The molecule has 1 N–H and O–H groups in total. The average Bonchev–Trinajstić information content (AvgIpc) is 2.45. The highest BCUT2D eigenvalue weighted by molar-refractivity contribution is 5.18. The van der Waals surface area contributed by atoms with Crippen LogP contribution in [0.5, 0.6) is 0 Å². The molecule has 1 heterocycles. The summed E-state index contributed by atoms with van der Waals surface area (Å²) in [4.78, 5) is 0. The summed E-state index contributed by atoms with van der Waals surface area (Å²) < 4.78 is 4.82. The first-order valence-corrected chi connectivity index (χ1v) is 3.37. The fourth-order valence-corrected chi connectivity index (χ4v) is 0.960. The zero-order chi connectivity index (χ0) is 7.19. The van der Waals surface area contributed by atoms with E-state index < -0.39 is 5.60 Å². The van der Waals surface area contributed by atoms with Crippen molar-refractivity contribution < 1.29 is 9.63 Å². The van der Waals surface area contributed by atoms with Gasteiger partial charge < -0.3 is 9.63 Å². The van der Waals surface area contributed by atoms with Crippen molar-refractivity contribution in [1.82, 2.24) is 5.16 Å². The minimum atomic E-state index is -0.641. The second-order valence-corrected chi connectivity index (χ2v) is 2.85. The highest BCUT2D eigenvalue weighted by atomic mass is 16.5. The van der Waals surface area contributed by atoms with E-state index in [1.165, 1.54) is 0 Å². The standard InChI is InChI=1S/C7H9NO2/c1-5-4-6(8-10-5)7(9)2-3-7/h4,9H,2-3H2,1H3. The summed E-state index contributed by atoms with van der Waals surface area (Å²) in [6, 6.07) is 1.78. The molecule has 1 fully saturated rings. The Kier molecular flexibility index (Phi) is 0.951. The smallest absolute Gasteiger partial charge is 0.134 e. The number of aliphatic hydroxyl groups is 1. The normalized spacial score (nSPS) is 21.0. The Hall–Kier alpha value is -0.830. The lowest BCUT2D eigenvalue weighted by molar-refractivity contribution is 0.141. The molecule has 0 unspecified atom stereocenters. The summed E-state index contributed by atoms with van der Waals surface area (Å²) in [6.07, 6.45) is 1.64. The topological polar surface area (TPSA) is 46.3 Å². The molecule has 0 spiro atoms. The number of hydrogen-bond acceptors (Lipinski definition) is 3. The fraction of sp³-hybridized carbons (Fsp3) is 0.571. The molecule has 1 saturated carbocycles. The molecule has 0 radical (unpaired) electrons. The van der Waals surface area contributed by atoms with Gasteiger partial charge in [0.05, 0.1) is 0 Å². The Morgan fingerprint density at radius 3 is 2.80 bits per heavy atom. The molecule has 0 bridgehead atoms. The minimum absolute atomic E-state index is 0.641. The van der Waals surface area contributed by atoms with E-state index in [0.29, 0.717) is 5.69 Å². The van der Waals surface area contributed by atoms with Crippen LogP contribution in [0.4, 0.5) is 0 Å². The molecule has 2 rings (SSSR count). The monoisotopic (exact) mass is 139 g/mol. The molecule has 10 heavy (non-hydrogen) atoms. The highest BCUT2D eigenvalue weighted by Gasteiger charge is 2.44. The Labute approximate surface area is 58.6 Å². The average molecular weight is 139 g/mol. The van der Waals surface area contributed by atoms with Crippen LogP contribution >= 0.6 is 0 Å². The first-order valence-electron chi connectivity index (χ1n) is 3.37. The van der Waals surface area contributed by atoms with Crippen LogP contribution in [0, 0.1) is 6.92 Å². The predicted octanol–water partition coefficient (Wildman–Crippen LogP) is 0.964. The molecule has 0 saturated heterocycles. The van der Waals surface area contributed by atoms with Gasteiger partial charge >= 0.3 is 0 Å². The van der Waals surface area contributed by atoms with Gasteiger partial charge in [0.2, 0.25) is 0 Å². The summed E-state index contributed by atoms with van der Waals surface area (Å²) >= 11 is 0. The first-order chi connectivity index (χ1) is 4.71. The van der Waals surface area contributed by atoms with Crippen molar-refractivity contribution in [3.63, 3.8) is 0 Å². The molecule has 0 aliphatic heterocycles. The van der Waals surface area contributed by atoms with Crippen LogP contribution in [0.15, 0.2) is 10.6 Å². The van der Waals surface area contributed by atoms with Crippen molar-refractivity contribution in [2.24, 2.45) is 0 Å². The number of nitrogens with zero attached hydrogens (tertiary/aromatic N) is 1. The van der Waals surface area contributed by atoms with Gasteiger partial charge in [-0.15, -0.1) is 0 Å². The van der Waals surface area contributed by atoms with E-state index in [1.807, 2.05) is 6.92 Å². The van der Waals surface area contributed by atoms with Crippen LogP contribution in [0.1, 0.15) is 24.3 Å². The van der Waals surface area contributed by atoms with Crippen LogP contribution in [0.2, 0.25) is 0 Å². The molecule has 1 aliphatic rings. The maximum atomic E-state index is 9.49. The maximum Gasteiger partial charge on any atom is 0.134 e. The van der Waals surface area contributed by atoms with E-state index in [-0.39, 0.29) is 0 Å². The van der Waals surface area contributed by atoms with Crippen LogP contribution < -0.4 is 0 Å². The van der Waals surface area contributed by atoms with Crippen LogP contribution in [0.25, 0.3) is 0 Å². The quantitative estimate of drug-likeness (QED) is 0.630. The van der Waals surface area contributed by atoms with Gasteiger partial charge in [-0.05, 0) is 19.8 Å². The Bertz CT molecular complexity index is 250. The van der Waals surface area contributed by atoms with Gasteiger partial charge in [-0.1, -0.05) is 5.16 Å². The van der Waals surface area contributed by atoms with Crippen molar-refractivity contribution in [3.05, 3.63) is 17.5 Å². The molecule has 3 nitrogen and oxygen atoms in total. The SMILES string of the molecule is Cc1cc(C2(O)CC2)no1. The number of aryl methyl sites for hydroxylation is 1. The Morgan fingerprint density at radius 1 is 1.70 bits per heavy atom. The third-order valence-electron chi connectivity index (χ3n) is 1.83. The zero-order valence-electron chi connectivity index (χ0n) is 5.79. The minimum Gasteiger partial charge on any atom is -0.383 e. The molecular formula is C7H9NO2. The Balaban J connectivity index is 2.34. The third kappa shape index (κ3) is 0.743. The van der Waals surface area contributed by atoms with Gasteiger partial charge in [-0.2, -0.15) is 0 Å². The van der Waals surface area contributed by atoms with Crippen molar-refractivity contribution in [1.29, 1.82) is 0 Å². The first kappa shape index (κ1) is 5.92. The van der Waals surface area contributed by atoms with Gasteiger partial charge in [-0.3, -0.25) is 0 Å². The largest absolute Gasteiger partial charge is 0.383 e. The molecule has 1 aliphatic carbocycles.